The fraction of sp³-hybridized carbons (Fsp3) is 0.417. The lowest BCUT2D eigenvalue weighted by Crippen LogP contribution is -2.35. The lowest BCUT2D eigenvalue weighted by atomic mass is 9.86. The molecule has 0 saturated carbocycles. The van der Waals surface area contributed by atoms with E-state index in [1.54, 1.807) is 28.4 Å². The van der Waals surface area contributed by atoms with Crippen LogP contribution in [0.5, 0.6) is 23.0 Å². The topological polar surface area (TPSA) is 40.2 Å². The Balaban J connectivity index is 1.84. The summed E-state index contributed by atoms with van der Waals surface area (Å²) in [4.78, 5) is 2.61. The first-order valence-electron chi connectivity index (χ1n) is 10.1. The van der Waals surface area contributed by atoms with E-state index in [2.05, 4.69) is 29.2 Å². The zero-order valence-corrected chi connectivity index (χ0v) is 17.7. The van der Waals surface area contributed by atoms with E-state index in [0.717, 1.165) is 36.0 Å². The number of fused-ring (bicyclic) bond motifs is 1. The summed E-state index contributed by atoms with van der Waals surface area (Å²) in [6, 6.07) is 13.1. The Morgan fingerprint density at radius 3 is 1.83 bits per heavy atom. The second-order valence-corrected chi connectivity index (χ2v) is 7.57. The van der Waals surface area contributed by atoms with Crippen molar-refractivity contribution in [2.24, 2.45) is 0 Å². The number of ether oxygens (including phenoxy) is 4. The van der Waals surface area contributed by atoms with Crippen molar-refractivity contribution in [1.29, 1.82) is 0 Å². The predicted octanol–water partition coefficient (Wildman–Crippen LogP) is 4.50. The molecule has 5 heteroatoms. The molecule has 2 heterocycles. The molecule has 0 amide bonds. The Bertz CT molecular complexity index is 848. The van der Waals surface area contributed by atoms with Crippen LogP contribution >= 0.6 is 0 Å². The predicted molar refractivity (Wildman–Crippen MR) is 115 cm³/mol. The Hall–Kier alpha value is -2.66. The highest BCUT2D eigenvalue weighted by Crippen LogP contribution is 2.43. The molecule has 0 spiro atoms. The van der Waals surface area contributed by atoms with Crippen LogP contribution in [-0.2, 0) is 0 Å². The van der Waals surface area contributed by atoms with E-state index in [9.17, 15) is 0 Å². The molecule has 5 nitrogen and oxygen atoms in total. The number of hydrogen-bond donors (Lipinski definition) is 0. The minimum atomic E-state index is 0.613. The normalized spacial score (nSPS) is 19.1. The van der Waals surface area contributed by atoms with Gasteiger partial charge in [-0.05, 0) is 72.3 Å². The van der Waals surface area contributed by atoms with E-state index in [-0.39, 0.29) is 0 Å². The Morgan fingerprint density at radius 1 is 0.724 bits per heavy atom. The average Bonchev–Trinajstić information content (AvgIpc) is 3.24. The van der Waals surface area contributed by atoms with Gasteiger partial charge in [-0.3, -0.25) is 4.90 Å². The number of hydrogen-bond acceptors (Lipinski definition) is 5. The number of rotatable bonds is 6. The summed E-state index contributed by atoms with van der Waals surface area (Å²) in [6.45, 7) is 2.12. The van der Waals surface area contributed by atoms with Crippen LogP contribution in [0, 0.1) is 0 Å². The van der Waals surface area contributed by atoms with Gasteiger partial charge in [0.2, 0.25) is 0 Å². The average molecular weight is 395 g/mol. The van der Waals surface area contributed by atoms with Gasteiger partial charge in [-0.1, -0.05) is 12.1 Å². The van der Waals surface area contributed by atoms with E-state index in [0.29, 0.717) is 6.04 Å². The standard InChI is InChI=1S/C24H29NO4/c1-26-21-9-7-16(12-23(21)28-3)19-14-18-6-5-11-25(18)15-20(19)17-8-10-22(27-2)24(13-17)29-4/h7-10,12-13,18H,5-6,11,14-15H2,1-4H3/t18-/m0/s1. The Morgan fingerprint density at radius 2 is 1.28 bits per heavy atom. The molecule has 2 aromatic rings. The van der Waals surface area contributed by atoms with Crippen molar-refractivity contribution in [1.82, 2.24) is 4.90 Å². The van der Waals surface area contributed by atoms with Gasteiger partial charge in [0, 0.05) is 12.6 Å². The van der Waals surface area contributed by atoms with Crippen LogP contribution in [0.2, 0.25) is 0 Å². The Labute approximate surface area is 172 Å². The Kier molecular flexibility index (Phi) is 5.67. The molecule has 2 aliphatic rings. The molecule has 1 atom stereocenters. The molecule has 1 fully saturated rings. The highest BCUT2D eigenvalue weighted by molar-refractivity contribution is 5.93. The van der Waals surface area contributed by atoms with Crippen LogP contribution < -0.4 is 18.9 Å². The summed E-state index contributed by atoms with van der Waals surface area (Å²) in [7, 11) is 6.71. The van der Waals surface area contributed by atoms with E-state index in [1.165, 1.54) is 41.7 Å². The fourth-order valence-electron chi connectivity index (χ4n) is 4.60. The third-order valence-electron chi connectivity index (χ3n) is 6.13. The first-order chi connectivity index (χ1) is 14.2. The molecule has 0 aliphatic carbocycles. The van der Waals surface area contributed by atoms with Gasteiger partial charge in [0.1, 0.15) is 0 Å². The smallest absolute Gasteiger partial charge is 0.161 e. The fourth-order valence-corrected chi connectivity index (χ4v) is 4.60. The van der Waals surface area contributed by atoms with Gasteiger partial charge in [-0.25, -0.2) is 0 Å². The van der Waals surface area contributed by atoms with E-state index in [1.807, 2.05) is 12.1 Å². The molecule has 2 aromatic carbocycles. The van der Waals surface area contributed by atoms with Crippen LogP contribution in [-0.4, -0.2) is 52.5 Å². The highest BCUT2D eigenvalue weighted by atomic mass is 16.5. The van der Waals surface area contributed by atoms with Gasteiger partial charge < -0.3 is 18.9 Å². The second kappa shape index (κ2) is 8.37. The molecule has 0 aromatic heterocycles. The number of nitrogens with zero attached hydrogens (tertiary/aromatic N) is 1. The summed E-state index contributed by atoms with van der Waals surface area (Å²) in [5.41, 5.74) is 5.09. The van der Waals surface area contributed by atoms with Gasteiger partial charge >= 0.3 is 0 Å². The van der Waals surface area contributed by atoms with E-state index < -0.39 is 0 Å². The first-order valence-corrected chi connectivity index (χ1v) is 10.1. The van der Waals surface area contributed by atoms with Crippen LogP contribution in [0.4, 0.5) is 0 Å². The molecule has 0 radical (unpaired) electrons. The molecule has 0 bridgehead atoms. The summed E-state index contributed by atoms with van der Waals surface area (Å²) < 4.78 is 22.0. The minimum Gasteiger partial charge on any atom is -0.493 e. The third kappa shape index (κ3) is 3.67. The van der Waals surface area contributed by atoms with E-state index >= 15 is 0 Å². The maximum atomic E-state index is 5.57. The maximum Gasteiger partial charge on any atom is 0.161 e. The van der Waals surface area contributed by atoms with Crippen molar-refractivity contribution in [3.63, 3.8) is 0 Å². The van der Waals surface area contributed by atoms with Gasteiger partial charge in [-0.2, -0.15) is 0 Å². The van der Waals surface area contributed by atoms with Crippen molar-refractivity contribution in [2.45, 2.75) is 25.3 Å². The van der Waals surface area contributed by atoms with Crippen molar-refractivity contribution < 1.29 is 18.9 Å². The summed E-state index contributed by atoms with van der Waals surface area (Å²) in [6.07, 6.45) is 3.57. The summed E-state index contributed by atoms with van der Waals surface area (Å²) in [5.74, 6) is 3.02. The number of benzene rings is 2. The van der Waals surface area contributed by atoms with E-state index in [4.69, 9.17) is 18.9 Å². The van der Waals surface area contributed by atoms with Crippen LogP contribution in [0.1, 0.15) is 30.4 Å². The SMILES string of the molecule is COc1ccc(C2=C(c3ccc(OC)c(OC)c3)CN3CCC[C@H]3C2)cc1OC. The molecule has 1 saturated heterocycles. The van der Waals surface area contributed by atoms with Crippen molar-refractivity contribution in [3.8, 4) is 23.0 Å². The van der Waals surface area contributed by atoms with Gasteiger partial charge in [0.25, 0.3) is 0 Å². The second-order valence-electron chi connectivity index (χ2n) is 7.57. The van der Waals surface area contributed by atoms with Crippen LogP contribution in [0.15, 0.2) is 36.4 Å². The van der Waals surface area contributed by atoms with Gasteiger partial charge in [0.15, 0.2) is 23.0 Å². The molecule has 0 N–H and O–H groups in total. The van der Waals surface area contributed by atoms with Crippen LogP contribution in [0.3, 0.4) is 0 Å². The van der Waals surface area contributed by atoms with Crippen LogP contribution in [0.25, 0.3) is 11.1 Å². The lowest BCUT2D eigenvalue weighted by molar-refractivity contribution is 0.280. The summed E-state index contributed by atoms with van der Waals surface area (Å²) >= 11 is 0. The molecular formula is C24H29NO4. The lowest BCUT2D eigenvalue weighted by Gasteiger charge is -2.34. The molecule has 154 valence electrons. The third-order valence-corrected chi connectivity index (χ3v) is 6.13. The molecule has 2 aliphatic heterocycles. The molecular weight excluding hydrogens is 366 g/mol. The van der Waals surface area contributed by atoms with Gasteiger partial charge in [-0.15, -0.1) is 0 Å². The minimum absolute atomic E-state index is 0.613. The maximum absolute atomic E-state index is 5.57. The van der Waals surface area contributed by atoms with Gasteiger partial charge in [0.05, 0.1) is 28.4 Å². The zero-order chi connectivity index (χ0) is 20.4. The van der Waals surface area contributed by atoms with Crippen molar-refractivity contribution in [3.05, 3.63) is 47.5 Å². The molecule has 29 heavy (non-hydrogen) atoms. The highest BCUT2D eigenvalue weighted by Gasteiger charge is 2.32. The largest absolute Gasteiger partial charge is 0.493 e. The number of methoxy groups -OCH3 is 4. The molecule has 0 unspecified atom stereocenters. The summed E-state index contributed by atoms with van der Waals surface area (Å²) in [5, 5.41) is 0. The first kappa shape index (κ1) is 19.6. The zero-order valence-electron chi connectivity index (χ0n) is 17.7. The van der Waals surface area contributed by atoms with Crippen molar-refractivity contribution in [2.75, 3.05) is 41.5 Å². The monoisotopic (exact) mass is 395 g/mol. The molecule has 4 rings (SSSR count). The quantitative estimate of drug-likeness (QED) is 0.720. The van der Waals surface area contributed by atoms with Crippen molar-refractivity contribution >= 4 is 11.1 Å².